The zero-order chi connectivity index (χ0) is 20.1. The van der Waals surface area contributed by atoms with Crippen molar-refractivity contribution in [2.75, 3.05) is 19.6 Å². The quantitative estimate of drug-likeness (QED) is 0.693. The number of hydrogen-bond acceptors (Lipinski definition) is 4. The highest BCUT2D eigenvalue weighted by Gasteiger charge is 2.28. The first-order chi connectivity index (χ1) is 12.7. The van der Waals surface area contributed by atoms with Gasteiger partial charge in [-0.1, -0.05) is 32.8 Å². The molecule has 0 saturated carbocycles. The summed E-state index contributed by atoms with van der Waals surface area (Å²) in [5.41, 5.74) is 5.69. The lowest BCUT2D eigenvalue weighted by Crippen LogP contribution is -2.52. The Morgan fingerprint density at radius 3 is 2.36 bits per heavy atom. The van der Waals surface area contributed by atoms with Crippen LogP contribution in [-0.4, -0.2) is 43.8 Å². The molecule has 0 radical (unpaired) electrons. The Labute approximate surface area is 175 Å². The second kappa shape index (κ2) is 10.6. The van der Waals surface area contributed by atoms with Gasteiger partial charge in [-0.05, 0) is 50.3 Å². The molecule has 1 aromatic carbocycles. The summed E-state index contributed by atoms with van der Waals surface area (Å²) < 4.78 is 27.5. The van der Waals surface area contributed by atoms with Crippen LogP contribution in [0.4, 0.5) is 0 Å². The van der Waals surface area contributed by atoms with Gasteiger partial charge in [-0.2, -0.15) is 4.31 Å². The normalized spacial score (nSPS) is 18.0. The van der Waals surface area contributed by atoms with Gasteiger partial charge in [0, 0.05) is 30.7 Å². The average Bonchev–Trinajstić information content (AvgIpc) is 2.91. The van der Waals surface area contributed by atoms with Crippen LogP contribution in [0.25, 0.3) is 0 Å². The molecule has 1 aliphatic rings. The van der Waals surface area contributed by atoms with E-state index < -0.39 is 15.6 Å². The highest BCUT2D eigenvalue weighted by Crippen LogP contribution is 2.22. The van der Waals surface area contributed by atoms with Gasteiger partial charge in [-0.15, -0.1) is 12.4 Å². The van der Waals surface area contributed by atoms with Gasteiger partial charge in [0.05, 0.1) is 4.90 Å². The predicted molar refractivity (Wildman–Crippen MR) is 115 cm³/mol. The molecule has 1 atom stereocenters. The van der Waals surface area contributed by atoms with Crippen molar-refractivity contribution in [1.82, 2.24) is 9.62 Å². The molecule has 1 aliphatic heterocycles. The van der Waals surface area contributed by atoms with Gasteiger partial charge in [0.2, 0.25) is 10.0 Å². The molecule has 1 amide bonds. The molecule has 28 heavy (non-hydrogen) atoms. The third-order valence-electron chi connectivity index (χ3n) is 5.02. The number of amides is 1. The average molecular weight is 432 g/mol. The number of nitrogens with zero attached hydrogens (tertiary/aromatic N) is 1. The smallest absolute Gasteiger partial charge is 0.251 e. The van der Waals surface area contributed by atoms with Crippen molar-refractivity contribution in [3.05, 3.63) is 29.8 Å². The van der Waals surface area contributed by atoms with E-state index in [1.807, 2.05) is 6.92 Å². The van der Waals surface area contributed by atoms with E-state index in [9.17, 15) is 13.2 Å². The Morgan fingerprint density at radius 2 is 1.82 bits per heavy atom. The van der Waals surface area contributed by atoms with Crippen LogP contribution in [0.2, 0.25) is 0 Å². The molecule has 0 bridgehead atoms. The van der Waals surface area contributed by atoms with E-state index in [1.165, 1.54) is 6.07 Å². The highest BCUT2D eigenvalue weighted by molar-refractivity contribution is 7.89. The van der Waals surface area contributed by atoms with Gasteiger partial charge in [0.15, 0.2) is 0 Å². The summed E-state index contributed by atoms with van der Waals surface area (Å²) in [6, 6.07) is 6.31. The summed E-state index contributed by atoms with van der Waals surface area (Å²) >= 11 is 0. The van der Waals surface area contributed by atoms with Gasteiger partial charge in [0.1, 0.15) is 0 Å². The summed E-state index contributed by atoms with van der Waals surface area (Å²) in [7, 11) is -3.58. The fraction of sp³-hybridized carbons (Fsp3) is 0.650. The van der Waals surface area contributed by atoms with Crippen molar-refractivity contribution in [2.45, 2.75) is 63.3 Å². The molecular weight excluding hydrogens is 398 g/mol. The van der Waals surface area contributed by atoms with Crippen molar-refractivity contribution in [3.8, 4) is 0 Å². The van der Waals surface area contributed by atoms with Crippen LogP contribution in [-0.2, 0) is 10.0 Å². The topological polar surface area (TPSA) is 92.5 Å². The van der Waals surface area contributed by atoms with E-state index in [2.05, 4.69) is 19.2 Å². The van der Waals surface area contributed by atoms with E-state index in [0.717, 1.165) is 32.1 Å². The Bertz CT molecular complexity index is 747. The third kappa shape index (κ3) is 6.44. The SMILES string of the molecule is CC(C)CC(C)(CN)NC(=O)c1cccc(S(=O)(=O)N2CCCCCC2)c1.Cl. The maximum Gasteiger partial charge on any atom is 0.251 e. The molecule has 1 fully saturated rings. The Kier molecular flexibility index (Phi) is 9.40. The number of hydrogen-bond donors (Lipinski definition) is 2. The van der Waals surface area contributed by atoms with Gasteiger partial charge in [-0.25, -0.2) is 8.42 Å². The van der Waals surface area contributed by atoms with Gasteiger partial charge >= 0.3 is 0 Å². The first-order valence-electron chi connectivity index (χ1n) is 9.81. The predicted octanol–water partition coefficient (Wildman–Crippen LogP) is 3.17. The molecular formula is C20H34ClN3O3S. The molecule has 3 N–H and O–H groups in total. The van der Waals surface area contributed by atoms with Gasteiger partial charge in [-0.3, -0.25) is 4.79 Å². The van der Waals surface area contributed by atoms with Crippen molar-refractivity contribution < 1.29 is 13.2 Å². The van der Waals surface area contributed by atoms with E-state index in [0.29, 0.717) is 31.1 Å². The van der Waals surface area contributed by atoms with Gasteiger partial charge in [0.25, 0.3) is 5.91 Å². The number of rotatable bonds is 7. The summed E-state index contributed by atoms with van der Waals surface area (Å²) in [4.78, 5) is 12.9. The maximum absolute atomic E-state index is 13.0. The van der Waals surface area contributed by atoms with E-state index >= 15 is 0 Å². The van der Waals surface area contributed by atoms with Crippen LogP contribution < -0.4 is 11.1 Å². The van der Waals surface area contributed by atoms with E-state index in [-0.39, 0.29) is 23.2 Å². The second-order valence-electron chi connectivity index (χ2n) is 8.16. The fourth-order valence-electron chi connectivity index (χ4n) is 3.66. The number of nitrogens with one attached hydrogen (secondary N) is 1. The number of halogens is 1. The van der Waals surface area contributed by atoms with Crippen molar-refractivity contribution in [1.29, 1.82) is 0 Å². The number of carbonyl (C=O) groups is 1. The maximum atomic E-state index is 13.0. The molecule has 1 saturated heterocycles. The fourth-order valence-corrected chi connectivity index (χ4v) is 5.23. The summed E-state index contributed by atoms with van der Waals surface area (Å²) in [6.45, 7) is 7.48. The highest BCUT2D eigenvalue weighted by atomic mass is 35.5. The first kappa shape index (κ1) is 24.9. The van der Waals surface area contributed by atoms with Crippen molar-refractivity contribution in [2.24, 2.45) is 11.7 Å². The zero-order valence-electron chi connectivity index (χ0n) is 17.1. The lowest BCUT2D eigenvalue weighted by Gasteiger charge is -2.31. The molecule has 1 heterocycles. The molecule has 6 nitrogen and oxygen atoms in total. The lowest BCUT2D eigenvalue weighted by atomic mass is 9.90. The van der Waals surface area contributed by atoms with E-state index in [4.69, 9.17) is 5.73 Å². The molecule has 160 valence electrons. The molecule has 0 spiro atoms. The van der Waals surface area contributed by atoms with Crippen LogP contribution in [0.5, 0.6) is 0 Å². The number of sulfonamides is 1. The van der Waals surface area contributed by atoms with Crippen molar-refractivity contribution >= 4 is 28.3 Å². The lowest BCUT2D eigenvalue weighted by molar-refractivity contribution is 0.0898. The third-order valence-corrected chi connectivity index (χ3v) is 6.92. The molecule has 0 aromatic heterocycles. The summed E-state index contributed by atoms with van der Waals surface area (Å²) in [5, 5.41) is 2.99. The van der Waals surface area contributed by atoms with Crippen LogP contribution >= 0.6 is 12.4 Å². The standard InChI is InChI=1S/C20H33N3O3S.ClH/c1-16(2)14-20(3,15-21)22-19(24)17-9-8-10-18(13-17)27(25,26)23-11-6-4-5-7-12-23;/h8-10,13,16H,4-7,11-12,14-15,21H2,1-3H3,(H,22,24);1H. The zero-order valence-corrected chi connectivity index (χ0v) is 18.7. The molecule has 1 aromatic rings. The minimum atomic E-state index is -3.58. The largest absolute Gasteiger partial charge is 0.346 e. The second-order valence-corrected chi connectivity index (χ2v) is 10.1. The Balaban J connectivity index is 0.00000392. The first-order valence-corrected chi connectivity index (χ1v) is 11.2. The van der Waals surface area contributed by atoms with Crippen LogP contribution in [0.1, 0.15) is 63.2 Å². The minimum Gasteiger partial charge on any atom is -0.346 e. The van der Waals surface area contributed by atoms with Crippen LogP contribution in [0, 0.1) is 5.92 Å². The van der Waals surface area contributed by atoms with Crippen LogP contribution in [0.15, 0.2) is 29.2 Å². The molecule has 0 aliphatic carbocycles. The summed E-state index contributed by atoms with van der Waals surface area (Å²) in [6.07, 6.45) is 4.62. The number of carbonyl (C=O) groups excluding carboxylic acids is 1. The van der Waals surface area contributed by atoms with Crippen LogP contribution in [0.3, 0.4) is 0 Å². The molecule has 1 unspecified atom stereocenters. The molecule has 2 rings (SSSR count). The summed E-state index contributed by atoms with van der Waals surface area (Å²) in [5.74, 6) is 0.0881. The monoisotopic (exact) mass is 431 g/mol. The number of benzene rings is 1. The Hall–Kier alpha value is -1.15. The van der Waals surface area contributed by atoms with Crippen molar-refractivity contribution in [3.63, 3.8) is 0 Å². The Morgan fingerprint density at radius 1 is 1.21 bits per heavy atom. The van der Waals surface area contributed by atoms with Gasteiger partial charge < -0.3 is 11.1 Å². The molecule has 8 heteroatoms. The minimum absolute atomic E-state index is 0. The van der Waals surface area contributed by atoms with E-state index in [1.54, 1.807) is 22.5 Å². The number of nitrogens with two attached hydrogens (primary N) is 1.